The van der Waals surface area contributed by atoms with Crippen LogP contribution in [0.15, 0.2) is 72.8 Å². The second-order valence-corrected chi connectivity index (χ2v) is 8.88. The van der Waals surface area contributed by atoms with Crippen LogP contribution < -0.4 is 10.6 Å². The van der Waals surface area contributed by atoms with Crippen LogP contribution in [-0.4, -0.2) is 36.5 Å². The maximum atomic E-state index is 13.2. The molecule has 0 fully saturated rings. The molecule has 0 radical (unpaired) electrons. The van der Waals surface area contributed by atoms with Gasteiger partial charge in [-0.1, -0.05) is 48.5 Å². The van der Waals surface area contributed by atoms with E-state index in [1.165, 1.54) is 5.56 Å². The highest BCUT2D eigenvalue weighted by atomic mass is 16.5. The number of anilines is 2. The molecule has 0 aliphatic carbocycles. The lowest BCUT2D eigenvalue weighted by molar-refractivity contribution is -0.110. The molecule has 0 unspecified atom stereocenters. The van der Waals surface area contributed by atoms with E-state index in [0.29, 0.717) is 35.2 Å². The molecule has 2 N–H and O–H groups in total. The average molecular weight is 470 g/mol. The minimum atomic E-state index is -0.411. The molecule has 1 aliphatic rings. The highest BCUT2D eigenvalue weighted by Crippen LogP contribution is 2.38. The number of esters is 1. The van der Waals surface area contributed by atoms with Crippen LogP contribution in [0.3, 0.4) is 0 Å². The van der Waals surface area contributed by atoms with Crippen molar-refractivity contribution in [2.24, 2.45) is 0 Å². The average Bonchev–Trinajstić information content (AvgIpc) is 3.18. The SMILES string of the molecule is CCOC(=O)c1ccc2c(c1)NC(=O)C2=C(Nc1ccc(CN(C)C(C)C)cc1)c1ccccc1. The number of ether oxygens (including phenoxy) is 1. The van der Waals surface area contributed by atoms with Crippen LogP contribution in [-0.2, 0) is 16.1 Å². The molecule has 0 aromatic heterocycles. The molecule has 3 aromatic rings. The van der Waals surface area contributed by atoms with E-state index < -0.39 is 5.97 Å². The Kier molecular flexibility index (Phi) is 7.32. The van der Waals surface area contributed by atoms with Crippen LogP contribution >= 0.6 is 0 Å². The Balaban J connectivity index is 1.71. The van der Waals surface area contributed by atoms with Gasteiger partial charge >= 0.3 is 5.97 Å². The molecule has 0 atom stereocenters. The highest BCUT2D eigenvalue weighted by molar-refractivity contribution is 6.37. The van der Waals surface area contributed by atoms with E-state index in [-0.39, 0.29) is 5.91 Å². The van der Waals surface area contributed by atoms with Gasteiger partial charge in [0.15, 0.2) is 0 Å². The fourth-order valence-electron chi connectivity index (χ4n) is 3.95. The third-order valence-electron chi connectivity index (χ3n) is 6.12. The topological polar surface area (TPSA) is 70.7 Å². The predicted molar refractivity (Wildman–Crippen MR) is 141 cm³/mol. The Morgan fingerprint density at radius 3 is 2.37 bits per heavy atom. The predicted octanol–water partition coefficient (Wildman–Crippen LogP) is 5.64. The lowest BCUT2D eigenvalue weighted by Crippen LogP contribution is -2.25. The summed E-state index contributed by atoms with van der Waals surface area (Å²) < 4.78 is 5.10. The monoisotopic (exact) mass is 469 g/mol. The molecule has 0 bridgehead atoms. The molecule has 6 heteroatoms. The first-order valence-corrected chi connectivity index (χ1v) is 11.9. The number of fused-ring (bicyclic) bond motifs is 1. The molecule has 3 aromatic carbocycles. The number of rotatable bonds is 8. The molecule has 0 saturated carbocycles. The Bertz CT molecular complexity index is 1250. The molecule has 6 nitrogen and oxygen atoms in total. The Labute approximate surface area is 206 Å². The standard InChI is InChI=1S/C29H31N3O3/c1-5-35-29(34)22-13-16-24-25(17-22)31-28(33)26(24)27(21-9-7-6-8-10-21)30-23-14-11-20(12-15-23)18-32(4)19(2)3/h6-17,19,30H,5,18H2,1-4H3,(H,31,33). The number of carbonyl (C=O) groups excluding carboxylic acids is 2. The van der Waals surface area contributed by atoms with Crippen LogP contribution in [0.4, 0.5) is 11.4 Å². The summed E-state index contributed by atoms with van der Waals surface area (Å²) in [6.45, 7) is 7.27. The first-order chi connectivity index (χ1) is 16.9. The number of carbonyl (C=O) groups is 2. The van der Waals surface area contributed by atoms with Crippen molar-refractivity contribution < 1.29 is 14.3 Å². The van der Waals surface area contributed by atoms with E-state index >= 15 is 0 Å². The first-order valence-electron chi connectivity index (χ1n) is 11.9. The van der Waals surface area contributed by atoms with Crippen molar-refractivity contribution in [2.45, 2.75) is 33.4 Å². The Hall–Kier alpha value is -3.90. The van der Waals surface area contributed by atoms with E-state index in [1.807, 2.05) is 42.5 Å². The van der Waals surface area contributed by atoms with Crippen molar-refractivity contribution in [2.75, 3.05) is 24.3 Å². The molecule has 35 heavy (non-hydrogen) atoms. The van der Waals surface area contributed by atoms with Gasteiger partial charge in [-0.15, -0.1) is 0 Å². The maximum Gasteiger partial charge on any atom is 0.338 e. The molecule has 180 valence electrons. The van der Waals surface area contributed by atoms with E-state index in [2.05, 4.69) is 48.6 Å². The number of hydrogen-bond acceptors (Lipinski definition) is 5. The van der Waals surface area contributed by atoms with Gasteiger partial charge in [0.25, 0.3) is 5.91 Å². The molecule has 1 amide bonds. The molecule has 1 aliphatic heterocycles. The van der Waals surface area contributed by atoms with Gasteiger partial charge in [0.05, 0.1) is 29.1 Å². The number of amides is 1. The van der Waals surface area contributed by atoms with Crippen molar-refractivity contribution >= 4 is 34.5 Å². The second kappa shape index (κ2) is 10.6. The third kappa shape index (κ3) is 5.44. The quantitative estimate of drug-likeness (QED) is 0.330. The van der Waals surface area contributed by atoms with Crippen molar-refractivity contribution in [3.05, 3.63) is 95.1 Å². The summed E-state index contributed by atoms with van der Waals surface area (Å²) >= 11 is 0. The molecule has 4 rings (SSSR count). The third-order valence-corrected chi connectivity index (χ3v) is 6.12. The van der Waals surface area contributed by atoms with Crippen LogP contribution in [0.1, 0.15) is 47.8 Å². The molecular formula is C29H31N3O3. The fourth-order valence-corrected chi connectivity index (χ4v) is 3.95. The van der Waals surface area contributed by atoms with Crippen molar-refractivity contribution in [3.8, 4) is 0 Å². The van der Waals surface area contributed by atoms with Gasteiger partial charge < -0.3 is 15.4 Å². The number of hydrogen-bond donors (Lipinski definition) is 2. The summed E-state index contributed by atoms with van der Waals surface area (Å²) in [4.78, 5) is 27.6. The largest absolute Gasteiger partial charge is 0.462 e. The Morgan fingerprint density at radius 1 is 1.00 bits per heavy atom. The van der Waals surface area contributed by atoms with E-state index in [0.717, 1.165) is 23.4 Å². The molecule has 0 spiro atoms. The van der Waals surface area contributed by atoms with Gasteiger partial charge in [0.1, 0.15) is 0 Å². The smallest absolute Gasteiger partial charge is 0.338 e. The maximum absolute atomic E-state index is 13.2. The highest BCUT2D eigenvalue weighted by Gasteiger charge is 2.29. The number of benzene rings is 3. The van der Waals surface area contributed by atoms with Gasteiger partial charge in [-0.25, -0.2) is 4.79 Å². The minimum absolute atomic E-state index is 0.220. The minimum Gasteiger partial charge on any atom is -0.462 e. The first kappa shape index (κ1) is 24.2. The normalized spacial score (nSPS) is 14.1. The lowest BCUT2D eigenvalue weighted by Gasteiger charge is -2.21. The zero-order valence-corrected chi connectivity index (χ0v) is 20.6. The zero-order valence-electron chi connectivity index (χ0n) is 20.6. The summed E-state index contributed by atoms with van der Waals surface area (Å²) in [7, 11) is 2.11. The summed E-state index contributed by atoms with van der Waals surface area (Å²) in [6.07, 6.45) is 0. The summed E-state index contributed by atoms with van der Waals surface area (Å²) in [6, 6.07) is 23.7. The second-order valence-electron chi connectivity index (χ2n) is 8.88. The molecule has 1 heterocycles. The number of nitrogens with zero attached hydrogens (tertiary/aromatic N) is 1. The number of nitrogens with one attached hydrogen (secondary N) is 2. The summed E-state index contributed by atoms with van der Waals surface area (Å²) in [5.74, 6) is -0.630. The van der Waals surface area contributed by atoms with Crippen LogP contribution in [0, 0.1) is 0 Å². The van der Waals surface area contributed by atoms with E-state index in [1.54, 1.807) is 25.1 Å². The zero-order chi connectivity index (χ0) is 24.9. The van der Waals surface area contributed by atoms with Gasteiger partial charge in [0.2, 0.25) is 0 Å². The van der Waals surface area contributed by atoms with Crippen molar-refractivity contribution in [1.82, 2.24) is 4.90 Å². The van der Waals surface area contributed by atoms with Gasteiger partial charge in [-0.2, -0.15) is 0 Å². The van der Waals surface area contributed by atoms with E-state index in [9.17, 15) is 9.59 Å². The fraction of sp³-hybridized carbons (Fsp3) is 0.241. The van der Waals surface area contributed by atoms with Gasteiger partial charge in [-0.3, -0.25) is 9.69 Å². The van der Waals surface area contributed by atoms with Crippen molar-refractivity contribution in [3.63, 3.8) is 0 Å². The van der Waals surface area contributed by atoms with E-state index in [4.69, 9.17) is 4.74 Å². The lowest BCUT2D eigenvalue weighted by atomic mass is 9.99. The summed E-state index contributed by atoms with van der Waals surface area (Å²) in [5, 5.41) is 6.40. The van der Waals surface area contributed by atoms with Crippen LogP contribution in [0.2, 0.25) is 0 Å². The molecule has 0 saturated heterocycles. The summed E-state index contributed by atoms with van der Waals surface area (Å²) in [5.41, 5.74) is 5.98. The van der Waals surface area contributed by atoms with Gasteiger partial charge in [-0.05, 0) is 63.2 Å². The Morgan fingerprint density at radius 2 is 1.71 bits per heavy atom. The van der Waals surface area contributed by atoms with Crippen LogP contribution in [0.25, 0.3) is 11.3 Å². The molecular weight excluding hydrogens is 438 g/mol. The van der Waals surface area contributed by atoms with Gasteiger partial charge in [0, 0.05) is 23.8 Å². The van der Waals surface area contributed by atoms with Crippen molar-refractivity contribution in [1.29, 1.82) is 0 Å². The van der Waals surface area contributed by atoms with Crippen LogP contribution in [0.5, 0.6) is 0 Å².